The van der Waals surface area contributed by atoms with Crippen molar-refractivity contribution in [2.75, 3.05) is 19.7 Å². The SMILES string of the molecule is CCCN(CCC)C1CCCCCCC1.CCOC(=O)CC(C)(C)CC(C)C. The molecule has 0 saturated heterocycles. The zero-order valence-corrected chi connectivity index (χ0v) is 20.3. The van der Waals surface area contributed by atoms with Gasteiger partial charge in [-0.25, -0.2) is 0 Å². The minimum atomic E-state index is -0.0758. The van der Waals surface area contributed by atoms with Gasteiger partial charge in [-0.05, 0) is 63.5 Å². The molecule has 0 aromatic heterocycles. The molecule has 0 unspecified atom stereocenters. The predicted octanol–water partition coefficient (Wildman–Crippen LogP) is 7.23. The van der Waals surface area contributed by atoms with Crippen LogP contribution in [0.3, 0.4) is 0 Å². The van der Waals surface area contributed by atoms with Gasteiger partial charge in [0.25, 0.3) is 0 Å². The van der Waals surface area contributed by atoms with E-state index in [1.165, 1.54) is 70.9 Å². The molecule has 1 aliphatic rings. The van der Waals surface area contributed by atoms with E-state index in [9.17, 15) is 4.79 Å². The highest BCUT2D eigenvalue weighted by atomic mass is 16.5. The summed E-state index contributed by atoms with van der Waals surface area (Å²) in [6.07, 6.45) is 14.5. The van der Waals surface area contributed by atoms with E-state index < -0.39 is 0 Å². The molecule has 0 amide bonds. The van der Waals surface area contributed by atoms with Crippen LogP contribution >= 0.6 is 0 Å². The Balaban J connectivity index is 0.000000528. The lowest BCUT2D eigenvalue weighted by molar-refractivity contribution is -0.145. The summed E-state index contributed by atoms with van der Waals surface area (Å²) in [5, 5.41) is 0. The van der Waals surface area contributed by atoms with Crippen LogP contribution in [0, 0.1) is 11.3 Å². The maximum Gasteiger partial charge on any atom is 0.306 e. The lowest BCUT2D eigenvalue weighted by atomic mass is 9.81. The summed E-state index contributed by atoms with van der Waals surface area (Å²) in [6, 6.07) is 0.908. The third kappa shape index (κ3) is 14.4. The van der Waals surface area contributed by atoms with Crippen molar-refractivity contribution in [1.29, 1.82) is 0 Å². The highest BCUT2D eigenvalue weighted by molar-refractivity contribution is 5.70. The molecule has 1 saturated carbocycles. The van der Waals surface area contributed by atoms with E-state index in [0.29, 0.717) is 18.9 Å². The monoisotopic (exact) mass is 397 g/mol. The Hall–Kier alpha value is -0.570. The summed E-state index contributed by atoms with van der Waals surface area (Å²) < 4.78 is 4.92. The number of hydrogen-bond donors (Lipinski definition) is 0. The van der Waals surface area contributed by atoms with Crippen molar-refractivity contribution in [3.8, 4) is 0 Å². The van der Waals surface area contributed by atoms with Gasteiger partial charge in [0.05, 0.1) is 13.0 Å². The fraction of sp³-hybridized carbons (Fsp3) is 0.960. The largest absolute Gasteiger partial charge is 0.466 e. The fourth-order valence-electron chi connectivity index (χ4n) is 4.63. The normalized spacial score (nSPS) is 16.3. The van der Waals surface area contributed by atoms with Crippen LogP contribution in [-0.4, -0.2) is 36.6 Å². The molecule has 0 bridgehead atoms. The van der Waals surface area contributed by atoms with E-state index in [2.05, 4.69) is 46.4 Å². The number of hydrogen-bond acceptors (Lipinski definition) is 3. The third-order valence-electron chi connectivity index (χ3n) is 5.50. The molecule has 168 valence electrons. The summed E-state index contributed by atoms with van der Waals surface area (Å²) in [7, 11) is 0. The summed E-state index contributed by atoms with van der Waals surface area (Å²) >= 11 is 0. The first-order valence-electron chi connectivity index (χ1n) is 12.1. The number of rotatable bonds is 10. The molecule has 1 fully saturated rings. The van der Waals surface area contributed by atoms with Crippen molar-refractivity contribution in [2.24, 2.45) is 11.3 Å². The van der Waals surface area contributed by atoms with Gasteiger partial charge >= 0.3 is 5.97 Å². The Kier molecular flexibility index (Phi) is 15.9. The lowest BCUT2D eigenvalue weighted by Crippen LogP contribution is -2.37. The lowest BCUT2D eigenvalue weighted by Gasteiger charge is -2.32. The predicted molar refractivity (Wildman–Crippen MR) is 123 cm³/mol. The second kappa shape index (κ2) is 16.3. The van der Waals surface area contributed by atoms with Gasteiger partial charge in [-0.1, -0.05) is 73.6 Å². The highest BCUT2D eigenvalue weighted by Crippen LogP contribution is 2.29. The molecular weight excluding hydrogens is 346 g/mol. The van der Waals surface area contributed by atoms with Crippen molar-refractivity contribution in [2.45, 2.75) is 125 Å². The maximum atomic E-state index is 11.2. The second-order valence-electron chi connectivity index (χ2n) is 9.78. The van der Waals surface area contributed by atoms with Gasteiger partial charge in [0.1, 0.15) is 0 Å². The van der Waals surface area contributed by atoms with Gasteiger partial charge in [-0.15, -0.1) is 0 Å². The van der Waals surface area contributed by atoms with Crippen LogP contribution in [0.25, 0.3) is 0 Å². The van der Waals surface area contributed by atoms with Crippen LogP contribution in [0.1, 0.15) is 119 Å². The summed E-state index contributed by atoms with van der Waals surface area (Å²) in [4.78, 5) is 14.0. The highest BCUT2D eigenvalue weighted by Gasteiger charge is 2.23. The Morgan fingerprint density at radius 1 is 0.964 bits per heavy atom. The summed E-state index contributed by atoms with van der Waals surface area (Å²) in [5.41, 5.74) is 0.0699. The molecule has 3 heteroatoms. The van der Waals surface area contributed by atoms with E-state index >= 15 is 0 Å². The van der Waals surface area contributed by atoms with E-state index in [1.54, 1.807) is 0 Å². The molecule has 28 heavy (non-hydrogen) atoms. The zero-order valence-electron chi connectivity index (χ0n) is 20.3. The first kappa shape index (κ1) is 27.4. The van der Waals surface area contributed by atoms with E-state index in [0.717, 1.165) is 12.5 Å². The Labute approximate surface area is 177 Å². The first-order valence-corrected chi connectivity index (χ1v) is 12.1. The standard InChI is InChI=1S/C14H29N.C11H22O2/c1-3-12-15(13-4-2)14-10-8-6-5-7-9-11-14;1-6-13-10(12)8-11(4,5)7-9(2)3/h14H,3-13H2,1-2H3;9H,6-8H2,1-5H3. The Morgan fingerprint density at radius 2 is 1.46 bits per heavy atom. The van der Waals surface area contributed by atoms with Gasteiger partial charge in [0.15, 0.2) is 0 Å². The average Bonchev–Trinajstić information content (AvgIpc) is 2.53. The van der Waals surface area contributed by atoms with E-state index in [1.807, 2.05) is 6.92 Å². The molecular formula is C25H51NO2. The van der Waals surface area contributed by atoms with Crippen molar-refractivity contribution in [1.82, 2.24) is 4.90 Å². The number of carbonyl (C=O) groups excluding carboxylic acids is 1. The van der Waals surface area contributed by atoms with Crippen LogP contribution < -0.4 is 0 Å². The van der Waals surface area contributed by atoms with Crippen molar-refractivity contribution >= 4 is 5.97 Å². The van der Waals surface area contributed by atoms with E-state index in [-0.39, 0.29) is 11.4 Å². The average molecular weight is 398 g/mol. The molecule has 1 aliphatic carbocycles. The van der Waals surface area contributed by atoms with Crippen LogP contribution in [0.15, 0.2) is 0 Å². The molecule has 0 heterocycles. The maximum absolute atomic E-state index is 11.2. The van der Waals surface area contributed by atoms with Crippen LogP contribution in [0.4, 0.5) is 0 Å². The Morgan fingerprint density at radius 3 is 1.89 bits per heavy atom. The van der Waals surface area contributed by atoms with Gasteiger partial charge in [0, 0.05) is 6.04 Å². The fourth-order valence-corrected chi connectivity index (χ4v) is 4.63. The summed E-state index contributed by atoms with van der Waals surface area (Å²) in [6.45, 7) is 18.2. The molecule has 0 aromatic carbocycles. The van der Waals surface area contributed by atoms with Crippen LogP contribution in [0.5, 0.6) is 0 Å². The topological polar surface area (TPSA) is 29.5 Å². The Bertz CT molecular complexity index is 365. The van der Waals surface area contributed by atoms with Crippen LogP contribution in [0.2, 0.25) is 0 Å². The van der Waals surface area contributed by atoms with Gasteiger partial charge < -0.3 is 9.64 Å². The minimum absolute atomic E-state index is 0.0699. The number of nitrogens with zero attached hydrogens (tertiary/aromatic N) is 1. The van der Waals surface area contributed by atoms with Gasteiger partial charge in [0.2, 0.25) is 0 Å². The molecule has 0 N–H and O–H groups in total. The first-order chi connectivity index (χ1) is 13.3. The smallest absolute Gasteiger partial charge is 0.306 e. The molecule has 3 nitrogen and oxygen atoms in total. The van der Waals surface area contributed by atoms with Crippen molar-refractivity contribution in [3.05, 3.63) is 0 Å². The van der Waals surface area contributed by atoms with Crippen LogP contribution in [-0.2, 0) is 9.53 Å². The molecule has 0 spiro atoms. The van der Waals surface area contributed by atoms with Crippen molar-refractivity contribution in [3.63, 3.8) is 0 Å². The number of carbonyl (C=O) groups is 1. The van der Waals surface area contributed by atoms with Gasteiger partial charge in [-0.2, -0.15) is 0 Å². The van der Waals surface area contributed by atoms with Crippen molar-refractivity contribution < 1.29 is 9.53 Å². The number of ether oxygens (including phenoxy) is 1. The molecule has 0 atom stereocenters. The van der Waals surface area contributed by atoms with E-state index in [4.69, 9.17) is 4.74 Å². The zero-order chi connectivity index (χ0) is 21.4. The third-order valence-corrected chi connectivity index (χ3v) is 5.50. The van der Waals surface area contributed by atoms with Gasteiger partial charge in [-0.3, -0.25) is 4.79 Å². The minimum Gasteiger partial charge on any atom is -0.466 e. The molecule has 0 radical (unpaired) electrons. The molecule has 0 aromatic rings. The summed E-state index contributed by atoms with van der Waals surface area (Å²) in [5.74, 6) is 0.553. The quantitative estimate of drug-likeness (QED) is 0.364. The molecule has 1 rings (SSSR count). The second-order valence-corrected chi connectivity index (χ2v) is 9.78. The number of esters is 1. The molecule has 0 aliphatic heterocycles.